The average Bonchev–Trinajstić information content (AvgIpc) is 2.82. The van der Waals surface area contributed by atoms with E-state index < -0.39 is 5.97 Å². The van der Waals surface area contributed by atoms with Crippen molar-refractivity contribution >= 4 is 5.97 Å². The number of phenols is 1. The van der Waals surface area contributed by atoms with Gasteiger partial charge in [-0.1, -0.05) is 163 Å². The molecule has 3 nitrogen and oxygen atoms in total. The number of aliphatic carboxylic acids is 1. The standard InChI is InChI=1S/C35H62O3/c1-8-9-10-11-12-13-14-15-16-17-18-19-20-21-22-23-24-29(33(37)38)25-28-26-30(34(2,3)4)32(36)31(27-28)35(5,6)7/h26-27,29,36H,8-25H2,1-7H3,(H,37,38). The molecule has 0 saturated carbocycles. The third-order valence-electron chi connectivity index (χ3n) is 8.02. The van der Waals surface area contributed by atoms with Crippen molar-refractivity contribution in [1.82, 2.24) is 0 Å². The molecule has 1 atom stereocenters. The molecule has 1 aromatic carbocycles. The highest BCUT2D eigenvalue weighted by molar-refractivity contribution is 5.70. The second kappa shape index (κ2) is 18.0. The van der Waals surface area contributed by atoms with Crippen LogP contribution in [0.5, 0.6) is 5.75 Å². The van der Waals surface area contributed by atoms with Crippen molar-refractivity contribution in [2.75, 3.05) is 0 Å². The van der Waals surface area contributed by atoms with E-state index in [0.717, 1.165) is 36.0 Å². The van der Waals surface area contributed by atoms with E-state index in [4.69, 9.17) is 0 Å². The number of unbranched alkanes of at least 4 members (excludes halogenated alkanes) is 15. The number of hydrogen-bond acceptors (Lipinski definition) is 2. The summed E-state index contributed by atoms with van der Waals surface area (Å²) in [7, 11) is 0. The first-order chi connectivity index (χ1) is 17.9. The Bertz CT molecular complexity index is 746. The second-order valence-corrected chi connectivity index (χ2v) is 13.9. The molecule has 38 heavy (non-hydrogen) atoms. The van der Waals surface area contributed by atoms with Crippen LogP contribution in [-0.4, -0.2) is 16.2 Å². The third-order valence-corrected chi connectivity index (χ3v) is 8.02. The fraction of sp³-hybridized carbons (Fsp3) is 0.800. The van der Waals surface area contributed by atoms with Crippen LogP contribution < -0.4 is 0 Å². The van der Waals surface area contributed by atoms with Crippen LogP contribution in [0.1, 0.15) is 174 Å². The van der Waals surface area contributed by atoms with Crippen molar-refractivity contribution in [3.05, 3.63) is 28.8 Å². The number of carbonyl (C=O) groups is 1. The molecule has 0 radical (unpaired) electrons. The summed E-state index contributed by atoms with van der Waals surface area (Å²) >= 11 is 0. The van der Waals surface area contributed by atoms with E-state index in [9.17, 15) is 15.0 Å². The Kier molecular flexibility index (Phi) is 16.3. The predicted molar refractivity (Wildman–Crippen MR) is 164 cm³/mol. The molecule has 0 aliphatic rings. The molecule has 220 valence electrons. The highest BCUT2D eigenvalue weighted by atomic mass is 16.4. The molecule has 2 N–H and O–H groups in total. The van der Waals surface area contributed by atoms with Crippen molar-refractivity contribution in [3.8, 4) is 5.75 Å². The van der Waals surface area contributed by atoms with Crippen LogP contribution in [0.2, 0.25) is 0 Å². The molecule has 1 rings (SSSR count). The lowest BCUT2D eigenvalue weighted by atomic mass is 9.77. The number of rotatable bonds is 20. The van der Waals surface area contributed by atoms with Gasteiger partial charge in [0.25, 0.3) is 0 Å². The van der Waals surface area contributed by atoms with Crippen LogP contribution >= 0.6 is 0 Å². The molecule has 1 unspecified atom stereocenters. The van der Waals surface area contributed by atoms with Gasteiger partial charge in [0.1, 0.15) is 5.75 Å². The maximum absolute atomic E-state index is 12.1. The van der Waals surface area contributed by atoms with Gasteiger partial charge in [-0.15, -0.1) is 0 Å². The Morgan fingerprint density at radius 3 is 1.32 bits per heavy atom. The maximum Gasteiger partial charge on any atom is 0.306 e. The molecule has 0 amide bonds. The summed E-state index contributed by atoms with van der Waals surface area (Å²) in [6.07, 6.45) is 22.5. The van der Waals surface area contributed by atoms with Gasteiger partial charge in [-0.25, -0.2) is 0 Å². The topological polar surface area (TPSA) is 57.5 Å². The van der Waals surface area contributed by atoms with Gasteiger partial charge in [-0.2, -0.15) is 0 Å². The van der Waals surface area contributed by atoms with Crippen LogP contribution in [0.25, 0.3) is 0 Å². The minimum absolute atomic E-state index is 0.202. The van der Waals surface area contributed by atoms with Crippen LogP contribution in [-0.2, 0) is 22.0 Å². The Labute approximate surface area is 236 Å². The van der Waals surface area contributed by atoms with Gasteiger partial charge in [0.15, 0.2) is 0 Å². The molecule has 0 aliphatic heterocycles. The number of hydrogen-bond donors (Lipinski definition) is 2. The summed E-state index contributed by atoms with van der Waals surface area (Å²) in [5, 5.41) is 20.9. The van der Waals surface area contributed by atoms with E-state index in [0.29, 0.717) is 12.2 Å². The lowest BCUT2D eigenvalue weighted by Gasteiger charge is -2.28. The molecule has 0 spiro atoms. The van der Waals surface area contributed by atoms with Gasteiger partial charge >= 0.3 is 5.97 Å². The largest absolute Gasteiger partial charge is 0.507 e. The lowest BCUT2D eigenvalue weighted by Crippen LogP contribution is -2.20. The third kappa shape index (κ3) is 14.0. The summed E-state index contributed by atoms with van der Waals surface area (Å²) in [5.41, 5.74) is 2.44. The zero-order valence-electron chi connectivity index (χ0n) is 26.3. The minimum Gasteiger partial charge on any atom is -0.507 e. The van der Waals surface area contributed by atoms with Crippen molar-refractivity contribution in [3.63, 3.8) is 0 Å². The second-order valence-electron chi connectivity index (χ2n) is 13.9. The average molecular weight is 531 g/mol. The molecular weight excluding hydrogens is 468 g/mol. The van der Waals surface area contributed by atoms with Gasteiger partial charge in [0.2, 0.25) is 0 Å². The molecule has 1 aromatic rings. The first-order valence-corrected chi connectivity index (χ1v) is 16.0. The van der Waals surface area contributed by atoms with Crippen molar-refractivity contribution in [2.24, 2.45) is 5.92 Å². The summed E-state index contributed by atoms with van der Waals surface area (Å²) in [4.78, 5) is 12.1. The molecule has 0 fully saturated rings. The zero-order valence-corrected chi connectivity index (χ0v) is 26.3. The highest BCUT2D eigenvalue weighted by Crippen LogP contribution is 2.40. The van der Waals surface area contributed by atoms with Gasteiger partial charge in [-0.3, -0.25) is 4.79 Å². The van der Waals surface area contributed by atoms with Crippen LogP contribution in [0.4, 0.5) is 0 Å². The number of carboxylic acid groups (broad SMARTS) is 1. The van der Waals surface area contributed by atoms with E-state index in [1.807, 2.05) is 12.1 Å². The van der Waals surface area contributed by atoms with Crippen LogP contribution in [0.15, 0.2) is 12.1 Å². The Morgan fingerprint density at radius 2 is 1.00 bits per heavy atom. The zero-order chi connectivity index (χ0) is 28.6. The molecule has 0 aromatic heterocycles. The minimum atomic E-state index is -0.700. The fourth-order valence-electron chi connectivity index (χ4n) is 5.49. The van der Waals surface area contributed by atoms with Crippen molar-refractivity contribution in [1.29, 1.82) is 0 Å². The summed E-state index contributed by atoms with van der Waals surface area (Å²) in [5.74, 6) is -0.709. The van der Waals surface area contributed by atoms with Crippen LogP contribution in [0.3, 0.4) is 0 Å². The summed E-state index contributed by atoms with van der Waals surface area (Å²) < 4.78 is 0. The Morgan fingerprint density at radius 1 is 0.658 bits per heavy atom. The highest BCUT2D eigenvalue weighted by Gasteiger charge is 2.28. The van der Waals surface area contributed by atoms with Gasteiger partial charge in [-0.05, 0) is 40.4 Å². The number of benzene rings is 1. The van der Waals surface area contributed by atoms with Crippen molar-refractivity contribution in [2.45, 2.75) is 175 Å². The van der Waals surface area contributed by atoms with E-state index in [1.54, 1.807) is 0 Å². The number of aromatic hydroxyl groups is 1. The van der Waals surface area contributed by atoms with E-state index in [2.05, 4.69) is 48.5 Å². The van der Waals surface area contributed by atoms with Crippen LogP contribution in [0, 0.1) is 5.92 Å². The smallest absolute Gasteiger partial charge is 0.306 e. The van der Waals surface area contributed by atoms with Gasteiger partial charge < -0.3 is 10.2 Å². The lowest BCUT2D eigenvalue weighted by molar-refractivity contribution is -0.142. The number of phenolic OH excluding ortho intramolecular Hbond substituents is 1. The monoisotopic (exact) mass is 530 g/mol. The number of carboxylic acids is 1. The van der Waals surface area contributed by atoms with Gasteiger partial charge in [0, 0.05) is 0 Å². The molecule has 3 heteroatoms. The predicted octanol–water partition coefficient (Wildman–Crippen LogP) is 10.9. The summed E-state index contributed by atoms with van der Waals surface area (Å²) in [6.45, 7) is 14.9. The first-order valence-electron chi connectivity index (χ1n) is 16.0. The van der Waals surface area contributed by atoms with E-state index in [1.165, 1.54) is 89.9 Å². The molecule has 0 aliphatic carbocycles. The van der Waals surface area contributed by atoms with E-state index in [-0.39, 0.29) is 16.7 Å². The SMILES string of the molecule is CCCCCCCCCCCCCCCCCCC(Cc1cc(C(C)(C)C)c(O)c(C(C)(C)C)c1)C(=O)O. The molecule has 0 bridgehead atoms. The normalized spacial score (nSPS) is 13.1. The van der Waals surface area contributed by atoms with Crippen molar-refractivity contribution < 1.29 is 15.0 Å². The van der Waals surface area contributed by atoms with Gasteiger partial charge in [0.05, 0.1) is 5.92 Å². The fourth-order valence-corrected chi connectivity index (χ4v) is 5.49. The summed E-state index contributed by atoms with van der Waals surface area (Å²) in [6, 6.07) is 4.07. The maximum atomic E-state index is 12.1. The Balaban J connectivity index is 2.35. The molecular formula is C35H62O3. The van der Waals surface area contributed by atoms with E-state index >= 15 is 0 Å². The Hall–Kier alpha value is -1.51. The first kappa shape index (κ1) is 34.5. The molecule has 0 heterocycles. The quantitative estimate of drug-likeness (QED) is 0.165. The molecule has 0 saturated heterocycles.